The smallest absolute Gasteiger partial charge is 0.220 e. The molecule has 0 radical (unpaired) electrons. The monoisotopic (exact) mass is 235 g/mol. The van der Waals surface area contributed by atoms with Crippen molar-refractivity contribution in [3.63, 3.8) is 0 Å². The summed E-state index contributed by atoms with van der Waals surface area (Å²) in [5, 5.41) is 11.7. The second-order valence-corrected chi connectivity index (χ2v) is 4.53. The Kier molecular flexibility index (Phi) is 5.70. The molecule has 0 fully saturated rings. The van der Waals surface area contributed by atoms with E-state index in [-0.39, 0.29) is 18.6 Å². The summed E-state index contributed by atoms with van der Waals surface area (Å²) in [6.45, 7) is 4.24. The van der Waals surface area contributed by atoms with Gasteiger partial charge in [-0.05, 0) is 17.9 Å². The first-order chi connectivity index (χ1) is 8.15. The van der Waals surface area contributed by atoms with E-state index in [1.165, 1.54) is 0 Å². The Labute approximate surface area is 103 Å². The Hall–Kier alpha value is -1.35. The first kappa shape index (κ1) is 13.7. The van der Waals surface area contributed by atoms with Crippen molar-refractivity contribution >= 4 is 5.91 Å². The topological polar surface area (TPSA) is 49.3 Å². The van der Waals surface area contributed by atoms with Crippen molar-refractivity contribution in [1.29, 1.82) is 0 Å². The van der Waals surface area contributed by atoms with Crippen LogP contribution in [0.15, 0.2) is 30.3 Å². The molecular weight excluding hydrogens is 214 g/mol. The molecule has 0 saturated heterocycles. The van der Waals surface area contributed by atoms with E-state index in [1.807, 2.05) is 30.3 Å². The first-order valence-corrected chi connectivity index (χ1v) is 6.10. The normalized spacial score (nSPS) is 12.5. The van der Waals surface area contributed by atoms with Gasteiger partial charge in [-0.1, -0.05) is 44.2 Å². The Balaban J connectivity index is 2.65. The molecule has 0 aliphatic rings. The molecule has 0 bridgehead atoms. The van der Waals surface area contributed by atoms with Crippen molar-refractivity contribution in [2.75, 3.05) is 6.61 Å². The summed E-state index contributed by atoms with van der Waals surface area (Å²) < 4.78 is 0. The van der Waals surface area contributed by atoms with Gasteiger partial charge in [-0.25, -0.2) is 0 Å². The van der Waals surface area contributed by atoms with Crippen LogP contribution in [0.1, 0.15) is 38.3 Å². The van der Waals surface area contributed by atoms with E-state index in [0.717, 1.165) is 5.56 Å². The van der Waals surface area contributed by atoms with E-state index in [9.17, 15) is 4.79 Å². The zero-order valence-electron chi connectivity index (χ0n) is 10.5. The van der Waals surface area contributed by atoms with Gasteiger partial charge in [0.2, 0.25) is 5.91 Å². The second-order valence-electron chi connectivity index (χ2n) is 4.53. The minimum atomic E-state index is 0.00148. The van der Waals surface area contributed by atoms with Crippen molar-refractivity contribution in [2.24, 2.45) is 5.92 Å². The highest BCUT2D eigenvalue weighted by atomic mass is 16.3. The van der Waals surface area contributed by atoms with Crippen LogP contribution in [0.2, 0.25) is 0 Å². The van der Waals surface area contributed by atoms with Crippen LogP contribution in [-0.2, 0) is 4.79 Å². The number of nitrogens with one attached hydrogen (secondary N) is 1. The average molecular weight is 235 g/mol. The molecule has 17 heavy (non-hydrogen) atoms. The summed E-state index contributed by atoms with van der Waals surface area (Å²) in [5.41, 5.74) is 1.12. The van der Waals surface area contributed by atoms with Gasteiger partial charge in [0.1, 0.15) is 0 Å². The maximum Gasteiger partial charge on any atom is 0.220 e. The van der Waals surface area contributed by atoms with Crippen LogP contribution in [0.3, 0.4) is 0 Å². The van der Waals surface area contributed by atoms with E-state index in [1.54, 1.807) is 0 Å². The summed E-state index contributed by atoms with van der Waals surface area (Å²) in [4.78, 5) is 11.7. The van der Waals surface area contributed by atoms with Gasteiger partial charge in [0, 0.05) is 13.0 Å². The van der Waals surface area contributed by atoms with Gasteiger partial charge < -0.3 is 10.4 Å². The van der Waals surface area contributed by atoms with Crippen LogP contribution in [0.5, 0.6) is 0 Å². The fourth-order valence-corrected chi connectivity index (χ4v) is 1.78. The van der Waals surface area contributed by atoms with E-state index in [2.05, 4.69) is 19.2 Å². The lowest BCUT2D eigenvalue weighted by Gasteiger charge is -2.22. The van der Waals surface area contributed by atoms with Crippen LogP contribution in [-0.4, -0.2) is 17.6 Å². The zero-order chi connectivity index (χ0) is 12.7. The summed E-state index contributed by atoms with van der Waals surface area (Å²) >= 11 is 0. The molecule has 1 rings (SSSR count). The standard InChI is InChI=1S/C14H21NO2/c1-11(2)14(12-7-4-3-5-8-12)15-13(17)9-6-10-16/h3-5,7-8,11,14,16H,6,9-10H2,1-2H3,(H,15,17). The van der Waals surface area contributed by atoms with Crippen molar-refractivity contribution in [3.8, 4) is 0 Å². The van der Waals surface area contributed by atoms with Gasteiger partial charge in [-0.3, -0.25) is 4.79 Å². The quantitative estimate of drug-likeness (QED) is 0.794. The number of benzene rings is 1. The largest absolute Gasteiger partial charge is 0.396 e. The number of amides is 1. The number of carbonyl (C=O) groups excluding carboxylic acids is 1. The Morgan fingerprint density at radius 2 is 1.94 bits per heavy atom. The Bertz CT molecular complexity index is 335. The number of aliphatic hydroxyl groups excluding tert-OH is 1. The van der Waals surface area contributed by atoms with Gasteiger partial charge in [0.25, 0.3) is 0 Å². The Morgan fingerprint density at radius 3 is 2.47 bits per heavy atom. The third-order valence-corrected chi connectivity index (χ3v) is 2.70. The third kappa shape index (κ3) is 4.57. The molecule has 0 aromatic heterocycles. The lowest BCUT2D eigenvalue weighted by atomic mass is 9.96. The average Bonchev–Trinajstić information content (AvgIpc) is 2.34. The van der Waals surface area contributed by atoms with E-state index >= 15 is 0 Å². The fourth-order valence-electron chi connectivity index (χ4n) is 1.78. The van der Waals surface area contributed by atoms with E-state index in [0.29, 0.717) is 18.8 Å². The first-order valence-electron chi connectivity index (χ1n) is 6.10. The fraction of sp³-hybridized carbons (Fsp3) is 0.500. The maximum atomic E-state index is 11.7. The predicted molar refractivity (Wildman–Crippen MR) is 68.5 cm³/mol. The molecule has 0 aliphatic heterocycles. The summed E-state index contributed by atoms with van der Waals surface area (Å²) in [6.07, 6.45) is 0.901. The lowest BCUT2D eigenvalue weighted by molar-refractivity contribution is -0.122. The number of aliphatic hydroxyl groups is 1. The van der Waals surface area contributed by atoms with Crippen molar-refractivity contribution in [3.05, 3.63) is 35.9 Å². The molecule has 3 nitrogen and oxygen atoms in total. The summed E-state index contributed by atoms with van der Waals surface area (Å²) in [5.74, 6) is 0.345. The SMILES string of the molecule is CC(C)C(NC(=O)CCCO)c1ccccc1. The van der Waals surface area contributed by atoms with Gasteiger partial charge in [-0.15, -0.1) is 0 Å². The summed E-state index contributed by atoms with van der Waals surface area (Å²) in [7, 11) is 0. The van der Waals surface area contributed by atoms with Crippen LogP contribution < -0.4 is 5.32 Å². The van der Waals surface area contributed by atoms with Crippen LogP contribution in [0.25, 0.3) is 0 Å². The highest BCUT2D eigenvalue weighted by molar-refractivity contribution is 5.76. The number of carbonyl (C=O) groups is 1. The highest BCUT2D eigenvalue weighted by Crippen LogP contribution is 2.21. The van der Waals surface area contributed by atoms with Gasteiger partial charge >= 0.3 is 0 Å². The molecule has 1 aromatic carbocycles. The summed E-state index contributed by atoms with van der Waals surface area (Å²) in [6, 6.07) is 10.0. The van der Waals surface area contributed by atoms with Gasteiger partial charge in [-0.2, -0.15) is 0 Å². The molecule has 3 heteroatoms. The molecule has 1 aromatic rings. The lowest BCUT2D eigenvalue weighted by Crippen LogP contribution is -2.31. The van der Waals surface area contributed by atoms with Crippen molar-refractivity contribution < 1.29 is 9.90 Å². The molecule has 0 spiro atoms. The molecular formula is C14H21NO2. The predicted octanol–water partition coefficient (Wildman–Crippen LogP) is 2.27. The van der Waals surface area contributed by atoms with Crippen molar-refractivity contribution in [2.45, 2.75) is 32.7 Å². The molecule has 1 amide bonds. The highest BCUT2D eigenvalue weighted by Gasteiger charge is 2.17. The minimum Gasteiger partial charge on any atom is -0.396 e. The maximum absolute atomic E-state index is 11.7. The van der Waals surface area contributed by atoms with Gasteiger partial charge in [0.15, 0.2) is 0 Å². The van der Waals surface area contributed by atoms with Crippen molar-refractivity contribution in [1.82, 2.24) is 5.32 Å². The number of rotatable bonds is 6. The molecule has 0 aliphatic carbocycles. The molecule has 0 heterocycles. The number of hydrogen-bond acceptors (Lipinski definition) is 2. The van der Waals surface area contributed by atoms with Crippen LogP contribution in [0, 0.1) is 5.92 Å². The van der Waals surface area contributed by atoms with E-state index < -0.39 is 0 Å². The molecule has 2 N–H and O–H groups in total. The second kappa shape index (κ2) is 7.07. The van der Waals surface area contributed by atoms with Gasteiger partial charge in [0.05, 0.1) is 6.04 Å². The molecule has 1 atom stereocenters. The molecule has 1 unspecified atom stereocenters. The Morgan fingerprint density at radius 1 is 1.29 bits per heavy atom. The molecule has 94 valence electrons. The van der Waals surface area contributed by atoms with Crippen LogP contribution >= 0.6 is 0 Å². The van der Waals surface area contributed by atoms with E-state index in [4.69, 9.17) is 5.11 Å². The minimum absolute atomic E-state index is 0.00148. The number of hydrogen-bond donors (Lipinski definition) is 2. The van der Waals surface area contributed by atoms with Crippen LogP contribution in [0.4, 0.5) is 0 Å². The molecule has 0 saturated carbocycles. The third-order valence-electron chi connectivity index (χ3n) is 2.70. The zero-order valence-corrected chi connectivity index (χ0v) is 10.5.